The molecule has 0 spiro atoms. The Bertz CT molecular complexity index is 446. The molecule has 20 heavy (non-hydrogen) atoms. The number of aliphatic carboxylic acids is 1. The van der Waals surface area contributed by atoms with Gasteiger partial charge in [-0.05, 0) is 26.1 Å². The summed E-state index contributed by atoms with van der Waals surface area (Å²) in [5.74, 6) is 0.175. The molecule has 0 radical (unpaired) electrons. The van der Waals surface area contributed by atoms with E-state index in [1.807, 2.05) is 18.2 Å². The van der Waals surface area contributed by atoms with Crippen LogP contribution in [0.15, 0.2) is 24.4 Å². The van der Waals surface area contributed by atoms with Crippen molar-refractivity contribution < 1.29 is 9.90 Å². The van der Waals surface area contributed by atoms with Gasteiger partial charge in [0.1, 0.15) is 11.4 Å². The highest BCUT2D eigenvalue weighted by molar-refractivity contribution is 5.78. The molecule has 1 saturated heterocycles. The predicted molar refractivity (Wildman–Crippen MR) is 78.0 cm³/mol. The molecule has 1 aromatic rings. The zero-order valence-electron chi connectivity index (χ0n) is 12.0. The fourth-order valence-electron chi connectivity index (χ4n) is 2.38. The SMILES string of the molecule is CNC(C)(CN1CCN(c2ccccn2)CC1)C(=O)O. The van der Waals surface area contributed by atoms with Gasteiger partial charge < -0.3 is 15.3 Å². The molecule has 0 aromatic carbocycles. The lowest BCUT2D eigenvalue weighted by molar-refractivity contribution is -0.144. The maximum Gasteiger partial charge on any atom is 0.324 e. The van der Waals surface area contributed by atoms with Crippen LogP contribution in [0.1, 0.15) is 6.92 Å². The largest absolute Gasteiger partial charge is 0.480 e. The molecule has 1 aromatic heterocycles. The van der Waals surface area contributed by atoms with Crippen LogP contribution in [0, 0.1) is 0 Å². The topological polar surface area (TPSA) is 68.7 Å². The van der Waals surface area contributed by atoms with Gasteiger partial charge in [0.2, 0.25) is 0 Å². The van der Waals surface area contributed by atoms with E-state index in [0.29, 0.717) is 6.54 Å². The van der Waals surface area contributed by atoms with Crippen LogP contribution in [0.25, 0.3) is 0 Å². The molecule has 1 aliphatic rings. The highest BCUT2D eigenvalue weighted by atomic mass is 16.4. The second-order valence-electron chi connectivity index (χ2n) is 5.34. The molecule has 110 valence electrons. The molecule has 1 atom stereocenters. The number of pyridine rings is 1. The molecular formula is C14H22N4O2. The summed E-state index contributed by atoms with van der Waals surface area (Å²) in [5, 5.41) is 12.2. The van der Waals surface area contributed by atoms with Crippen molar-refractivity contribution >= 4 is 11.8 Å². The Hall–Kier alpha value is -1.66. The molecule has 0 saturated carbocycles. The first-order valence-electron chi connectivity index (χ1n) is 6.86. The summed E-state index contributed by atoms with van der Waals surface area (Å²) in [6.07, 6.45) is 1.80. The summed E-state index contributed by atoms with van der Waals surface area (Å²) in [6, 6.07) is 5.90. The van der Waals surface area contributed by atoms with Gasteiger partial charge in [-0.15, -0.1) is 0 Å². The number of likely N-dealkylation sites (N-methyl/N-ethyl adjacent to an activating group) is 1. The van der Waals surface area contributed by atoms with Crippen LogP contribution in [0.2, 0.25) is 0 Å². The summed E-state index contributed by atoms with van der Waals surface area (Å²) < 4.78 is 0. The van der Waals surface area contributed by atoms with Crippen molar-refractivity contribution in [3.8, 4) is 0 Å². The minimum Gasteiger partial charge on any atom is -0.480 e. The van der Waals surface area contributed by atoms with E-state index < -0.39 is 11.5 Å². The monoisotopic (exact) mass is 278 g/mol. The number of carbonyl (C=O) groups is 1. The first-order valence-corrected chi connectivity index (χ1v) is 6.86. The van der Waals surface area contributed by atoms with Crippen molar-refractivity contribution in [2.24, 2.45) is 0 Å². The van der Waals surface area contributed by atoms with Crippen LogP contribution in [-0.4, -0.2) is 66.3 Å². The molecule has 1 unspecified atom stereocenters. The Balaban J connectivity index is 1.90. The second kappa shape index (κ2) is 6.19. The van der Waals surface area contributed by atoms with Crippen LogP contribution in [-0.2, 0) is 4.79 Å². The van der Waals surface area contributed by atoms with Crippen molar-refractivity contribution in [2.75, 3.05) is 44.7 Å². The minimum atomic E-state index is -0.896. The average molecular weight is 278 g/mol. The van der Waals surface area contributed by atoms with E-state index in [1.165, 1.54) is 0 Å². The Kier molecular flexibility index (Phi) is 4.57. The second-order valence-corrected chi connectivity index (χ2v) is 5.34. The number of hydrogen-bond donors (Lipinski definition) is 2. The van der Waals surface area contributed by atoms with Crippen molar-refractivity contribution in [2.45, 2.75) is 12.5 Å². The fraction of sp³-hybridized carbons (Fsp3) is 0.571. The number of aromatic nitrogens is 1. The molecule has 1 aliphatic heterocycles. The minimum absolute atomic E-state index is 0.509. The summed E-state index contributed by atoms with van der Waals surface area (Å²) >= 11 is 0. The maximum atomic E-state index is 11.3. The third-order valence-corrected chi connectivity index (χ3v) is 3.91. The van der Waals surface area contributed by atoms with Gasteiger partial charge in [-0.1, -0.05) is 6.07 Å². The number of anilines is 1. The zero-order chi connectivity index (χ0) is 14.6. The van der Waals surface area contributed by atoms with Crippen LogP contribution < -0.4 is 10.2 Å². The van der Waals surface area contributed by atoms with E-state index in [-0.39, 0.29) is 0 Å². The van der Waals surface area contributed by atoms with Gasteiger partial charge >= 0.3 is 5.97 Å². The Morgan fingerprint density at radius 3 is 2.60 bits per heavy atom. The highest BCUT2D eigenvalue weighted by Gasteiger charge is 2.34. The molecular weight excluding hydrogens is 256 g/mol. The van der Waals surface area contributed by atoms with Gasteiger partial charge in [-0.3, -0.25) is 9.69 Å². The standard InChI is InChI=1S/C14H22N4O2/c1-14(15-2,13(19)20)11-17-7-9-18(10-8-17)12-5-3-4-6-16-12/h3-6,15H,7-11H2,1-2H3,(H,19,20). The van der Waals surface area contributed by atoms with Gasteiger partial charge in [0.05, 0.1) is 0 Å². The lowest BCUT2D eigenvalue weighted by Crippen LogP contribution is -2.58. The van der Waals surface area contributed by atoms with Gasteiger partial charge in [-0.25, -0.2) is 4.98 Å². The maximum absolute atomic E-state index is 11.3. The Morgan fingerprint density at radius 2 is 2.10 bits per heavy atom. The summed E-state index contributed by atoms with van der Waals surface area (Å²) in [7, 11) is 1.69. The molecule has 1 fully saturated rings. The van der Waals surface area contributed by atoms with Gasteiger partial charge in [0.15, 0.2) is 0 Å². The number of rotatable bonds is 5. The van der Waals surface area contributed by atoms with E-state index in [1.54, 1.807) is 20.2 Å². The van der Waals surface area contributed by atoms with E-state index in [4.69, 9.17) is 0 Å². The third-order valence-electron chi connectivity index (χ3n) is 3.91. The molecule has 6 heteroatoms. The molecule has 2 heterocycles. The lowest BCUT2D eigenvalue weighted by atomic mass is 10.0. The predicted octanol–water partition coefficient (Wildman–Crippen LogP) is 0.266. The first-order chi connectivity index (χ1) is 9.55. The van der Waals surface area contributed by atoms with Crippen LogP contribution in [0.4, 0.5) is 5.82 Å². The first kappa shape index (κ1) is 14.7. The molecule has 0 aliphatic carbocycles. The molecule has 6 nitrogen and oxygen atoms in total. The molecule has 0 amide bonds. The van der Waals surface area contributed by atoms with Crippen molar-refractivity contribution in [1.29, 1.82) is 0 Å². The van der Waals surface area contributed by atoms with Gasteiger partial charge in [0, 0.05) is 38.9 Å². The van der Waals surface area contributed by atoms with E-state index >= 15 is 0 Å². The van der Waals surface area contributed by atoms with E-state index in [9.17, 15) is 9.90 Å². The number of piperazine rings is 1. The van der Waals surface area contributed by atoms with Crippen molar-refractivity contribution in [3.63, 3.8) is 0 Å². The third kappa shape index (κ3) is 3.26. The normalized spacial score (nSPS) is 19.6. The number of nitrogens with zero attached hydrogens (tertiary/aromatic N) is 3. The Labute approximate surface area is 119 Å². The van der Waals surface area contributed by atoms with Gasteiger partial charge in [0.25, 0.3) is 0 Å². The highest BCUT2D eigenvalue weighted by Crippen LogP contribution is 2.14. The molecule has 2 N–H and O–H groups in total. The lowest BCUT2D eigenvalue weighted by Gasteiger charge is -2.38. The summed E-state index contributed by atoms with van der Waals surface area (Å²) in [4.78, 5) is 20.1. The summed E-state index contributed by atoms with van der Waals surface area (Å²) in [5.41, 5.74) is -0.896. The van der Waals surface area contributed by atoms with Crippen LogP contribution >= 0.6 is 0 Å². The summed E-state index contributed by atoms with van der Waals surface area (Å²) in [6.45, 7) is 5.67. The van der Waals surface area contributed by atoms with Gasteiger partial charge in [-0.2, -0.15) is 0 Å². The fourth-order valence-corrected chi connectivity index (χ4v) is 2.38. The van der Waals surface area contributed by atoms with Crippen LogP contribution in [0.3, 0.4) is 0 Å². The van der Waals surface area contributed by atoms with Crippen molar-refractivity contribution in [3.05, 3.63) is 24.4 Å². The number of carboxylic acid groups (broad SMARTS) is 1. The quantitative estimate of drug-likeness (QED) is 0.805. The van der Waals surface area contributed by atoms with E-state index in [2.05, 4.69) is 20.1 Å². The van der Waals surface area contributed by atoms with E-state index in [0.717, 1.165) is 32.0 Å². The zero-order valence-corrected chi connectivity index (χ0v) is 12.0. The average Bonchev–Trinajstić information content (AvgIpc) is 2.48. The van der Waals surface area contributed by atoms with Crippen molar-refractivity contribution in [1.82, 2.24) is 15.2 Å². The molecule has 2 rings (SSSR count). The number of carboxylic acids is 1. The number of hydrogen-bond acceptors (Lipinski definition) is 5. The van der Waals surface area contributed by atoms with Crippen LogP contribution in [0.5, 0.6) is 0 Å². The Morgan fingerprint density at radius 1 is 1.40 bits per heavy atom. The smallest absolute Gasteiger partial charge is 0.324 e. The number of nitrogens with one attached hydrogen (secondary N) is 1. The molecule has 0 bridgehead atoms.